The monoisotopic (exact) mass is 432 g/mol. The second kappa shape index (κ2) is 9.68. The van der Waals surface area contributed by atoms with E-state index in [4.69, 9.17) is 0 Å². The van der Waals surface area contributed by atoms with Crippen molar-refractivity contribution < 1.29 is 15.2 Å². The fraction of sp³-hybridized carbons (Fsp3) is 0.444. The third-order valence-electron chi connectivity index (χ3n) is 7.45. The van der Waals surface area contributed by atoms with Crippen molar-refractivity contribution in [3.8, 4) is 0 Å². The van der Waals surface area contributed by atoms with E-state index in [0.29, 0.717) is 49.9 Å². The number of ketones is 1. The molecule has 0 bridgehead atoms. The molecule has 0 spiro atoms. The van der Waals surface area contributed by atoms with Crippen LogP contribution in [0.1, 0.15) is 62.5 Å². The molecule has 2 fully saturated rings. The van der Waals surface area contributed by atoms with E-state index in [1.54, 1.807) is 0 Å². The molecule has 2 N–H and O–H groups in total. The minimum Gasteiger partial charge on any atom is -0.411 e. The molecule has 0 aromatic heterocycles. The lowest BCUT2D eigenvalue weighted by Gasteiger charge is -2.46. The summed E-state index contributed by atoms with van der Waals surface area (Å²) in [5, 5.41) is 27.4. The number of oxime groups is 2. The molecule has 0 aliphatic heterocycles. The van der Waals surface area contributed by atoms with Crippen molar-refractivity contribution in [3.63, 3.8) is 0 Å². The maximum absolute atomic E-state index is 14.8. The number of carbonyl (C=O) groups is 1. The minimum absolute atomic E-state index is 0.0534. The Kier molecular flexibility index (Phi) is 6.73. The predicted molar refractivity (Wildman–Crippen MR) is 126 cm³/mol. The van der Waals surface area contributed by atoms with Gasteiger partial charge in [-0.1, -0.05) is 83.8 Å². The van der Waals surface area contributed by atoms with Gasteiger partial charge in [0.2, 0.25) is 0 Å². The average Bonchev–Trinajstić information content (AvgIpc) is 2.85. The van der Waals surface area contributed by atoms with E-state index in [9.17, 15) is 15.2 Å². The molecule has 0 radical (unpaired) electrons. The van der Waals surface area contributed by atoms with E-state index in [1.807, 2.05) is 60.7 Å². The molecule has 0 saturated heterocycles. The number of Topliss-reactive ketones (excluding diaryl/α,β-unsaturated/α-hetero) is 1. The Balaban J connectivity index is 1.84. The van der Waals surface area contributed by atoms with Crippen molar-refractivity contribution in [1.82, 2.24) is 0 Å². The molecule has 2 atom stereocenters. The van der Waals surface area contributed by atoms with Gasteiger partial charge in [-0.3, -0.25) is 4.79 Å². The first-order valence-corrected chi connectivity index (χ1v) is 11.7. The zero-order valence-electron chi connectivity index (χ0n) is 18.5. The Bertz CT molecular complexity index is 907. The molecule has 5 nitrogen and oxygen atoms in total. The first kappa shape index (κ1) is 22.3. The van der Waals surface area contributed by atoms with Gasteiger partial charge in [0.05, 0.1) is 22.3 Å². The van der Waals surface area contributed by atoms with Gasteiger partial charge in [0, 0.05) is 0 Å². The molecule has 0 heterocycles. The molecular weight excluding hydrogens is 400 g/mol. The number of hydrogen-bond acceptors (Lipinski definition) is 5. The normalized spacial score (nSPS) is 28.6. The molecule has 2 aromatic carbocycles. The van der Waals surface area contributed by atoms with Gasteiger partial charge in [-0.15, -0.1) is 0 Å². The van der Waals surface area contributed by atoms with Gasteiger partial charge in [-0.2, -0.15) is 0 Å². The van der Waals surface area contributed by atoms with Crippen LogP contribution in [0.25, 0.3) is 0 Å². The van der Waals surface area contributed by atoms with Crippen molar-refractivity contribution in [1.29, 1.82) is 0 Å². The summed E-state index contributed by atoms with van der Waals surface area (Å²) >= 11 is 0. The van der Waals surface area contributed by atoms with Gasteiger partial charge in [-0.25, -0.2) is 0 Å². The second-order valence-electron chi connectivity index (χ2n) is 9.33. The Morgan fingerprint density at radius 1 is 0.688 bits per heavy atom. The summed E-state index contributed by atoms with van der Waals surface area (Å²) in [7, 11) is 0. The summed E-state index contributed by atoms with van der Waals surface area (Å²) < 4.78 is 0. The number of nitrogens with zero attached hydrogens (tertiary/aromatic N) is 2. The van der Waals surface area contributed by atoms with Crippen LogP contribution < -0.4 is 0 Å². The highest BCUT2D eigenvalue weighted by atomic mass is 16.4. The second-order valence-corrected chi connectivity index (χ2v) is 9.33. The zero-order chi connectivity index (χ0) is 22.4. The van der Waals surface area contributed by atoms with E-state index >= 15 is 0 Å². The number of benzene rings is 2. The van der Waals surface area contributed by atoms with Crippen LogP contribution in [-0.4, -0.2) is 27.6 Å². The molecule has 32 heavy (non-hydrogen) atoms. The van der Waals surface area contributed by atoms with Crippen LogP contribution in [-0.2, 0) is 17.6 Å². The van der Waals surface area contributed by atoms with Crippen LogP contribution in [0.15, 0.2) is 71.0 Å². The SMILES string of the molecule is O=C(C1(Cc2ccccc2)CCCCC1=NO)C1(Cc2ccccc2)CCCCC1=NO. The molecule has 4 rings (SSSR count). The zero-order valence-corrected chi connectivity index (χ0v) is 18.5. The van der Waals surface area contributed by atoms with Gasteiger partial charge in [-0.05, 0) is 62.5 Å². The van der Waals surface area contributed by atoms with E-state index in [-0.39, 0.29) is 5.78 Å². The van der Waals surface area contributed by atoms with Gasteiger partial charge < -0.3 is 10.4 Å². The van der Waals surface area contributed by atoms with Gasteiger partial charge in [0.1, 0.15) is 0 Å². The van der Waals surface area contributed by atoms with Gasteiger partial charge >= 0.3 is 0 Å². The standard InChI is InChI=1S/C27H32N2O3/c30-25(26(17-9-7-15-23(26)28-31)19-21-11-3-1-4-12-21)27(18-10-8-16-24(27)29-32)20-22-13-5-2-6-14-22/h1-6,11-14,31-32H,7-10,15-20H2. The lowest BCUT2D eigenvalue weighted by molar-refractivity contribution is -0.133. The highest BCUT2D eigenvalue weighted by Crippen LogP contribution is 2.49. The maximum Gasteiger partial charge on any atom is 0.157 e. The third kappa shape index (κ3) is 4.08. The van der Waals surface area contributed by atoms with E-state index in [1.165, 1.54) is 0 Å². The smallest absolute Gasteiger partial charge is 0.157 e. The van der Waals surface area contributed by atoms with Gasteiger partial charge in [0.15, 0.2) is 5.78 Å². The first-order chi connectivity index (χ1) is 15.6. The van der Waals surface area contributed by atoms with Crippen molar-refractivity contribution >= 4 is 17.2 Å². The first-order valence-electron chi connectivity index (χ1n) is 11.7. The third-order valence-corrected chi connectivity index (χ3v) is 7.45. The number of rotatable bonds is 6. The topological polar surface area (TPSA) is 82.2 Å². The molecule has 0 amide bonds. The maximum atomic E-state index is 14.8. The molecule has 2 saturated carbocycles. The van der Waals surface area contributed by atoms with Gasteiger partial charge in [0.25, 0.3) is 0 Å². The fourth-order valence-electron chi connectivity index (χ4n) is 5.87. The van der Waals surface area contributed by atoms with E-state index < -0.39 is 10.8 Å². The fourth-order valence-corrected chi connectivity index (χ4v) is 5.87. The summed E-state index contributed by atoms with van der Waals surface area (Å²) in [4.78, 5) is 14.8. The van der Waals surface area contributed by atoms with Crippen molar-refractivity contribution in [2.45, 2.75) is 64.2 Å². The predicted octanol–water partition coefficient (Wildman–Crippen LogP) is 5.82. The summed E-state index contributed by atoms with van der Waals surface area (Å²) in [5.41, 5.74) is 1.47. The van der Waals surface area contributed by atoms with Crippen molar-refractivity contribution in [2.24, 2.45) is 21.1 Å². The molecule has 5 heteroatoms. The average molecular weight is 433 g/mol. The molecular formula is C27H32N2O3. The lowest BCUT2D eigenvalue weighted by atomic mass is 9.55. The highest BCUT2D eigenvalue weighted by Gasteiger charge is 2.56. The largest absolute Gasteiger partial charge is 0.411 e. The van der Waals surface area contributed by atoms with Crippen molar-refractivity contribution in [3.05, 3.63) is 71.8 Å². The summed E-state index contributed by atoms with van der Waals surface area (Å²) in [5.74, 6) is 0.0534. The molecule has 2 unspecified atom stereocenters. The molecule has 2 aliphatic rings. The molecule has 2 aliphatic carbocycles. The highest BCUT2D eigenvalue weighted by molar-refractivity contribution is 6.20. The van der Waals surface area contributed by atoms with Crippen molar-refractivity contribution in [2.75, 3.05) is 0 Å². The molecule has 2 aromatic rings. The minimum atomic E-state index is -0.892. The van der Waals surface area contributed by atoms with Crippen LogP contribution >= 0.6 is 0 Å². The summed E-state index contributed by atoms with van der Waals surface area (Å²) in [6, 6.07) is 20.0. The van der Waals surface area contributed by atoms with E-state index in [0.717, 1.165) is 36.8 Å². The Labute approximate surface area is 189 Å². The Morgan fingerprint density at radius 3 is 1.47 bits per heavy atom. The van der Waals surface area contributed by atoms with Crippen LogP contribution in [0.3, 0.4) is 0 Å². The quantitative estimate of drug-likeness (QED) is 0.445. The van der Waals surface area contributed by atoms with Crippen LogP contribution in [0, 0.1) is 10.8 Å². The number of carbonyl (C=O) groups excluding carboxylic acids is 1. The Hall–Kier alpha value is -2.95. The summed E-state index contributed by atoms with van der Waals surface area (Å²) in [6.07, 6.45) is 7.17. The Morgan fingerprint density at radius 2 is 1.09 bits per heavy atom. The van der Waals surface area contributed by atoms with Crippen LogP contribution in [0.4, 0.5) is 0 Å². The van der Waals surface area contributed by atoms with E-state index in [2.05, 4.69) is 10.3 Å². The van der Waals surface area contributed by atoms with Crippen LogP contribution in [0.2, 0.25) is 0 Å². The lowest BCUT2D eigenvalue weighted by Crippen LogP contribution is -2.55. The molecule has 168 valence electrons. The number of hydrogen-bond donors (Lipinski definition) is 2. The van der Waals surface area contributed by atoms with Crippen LogP contribution in [0.5, 0.6) is 0 Å². The summed E-state index contributed by atoms with van der Waals surface area (Å²) in [6.45, 7) is 0.